The minimum absolute atomic E-state index is 0.225. The third-order valence-electron chi connectivity index (χ3n) is 3.24. The number of carbonyl (C=O) groups excluding carboxylic acids is 2. The molecule has 130 valence electrons. The van der Waals surface area contributed by atoms with Gasteiger partial charge in [-0.2, -0.15) is 0 Å². The average molecular weight is 404 g/mol. The molecule has 0 radical (unpaired) electrons. The van der Waals surface area contributed by atoms with E-state index in [0.29, 0.717) is 24.5 Å². The number of allylic oxidation sites excluding steroid dienone is 1. The van der Waals surface area contributed by atoms with Crippen molar-refractivity contribution in [1.29, 1.82) is 0 Å². The molecule has 0 aliphatic rings. The van der Waals surface area contributed by atoms with Crippen molar-refractivity contribution >= 4 is 27.6 Å². The van der Waals surface area contributed by atoms with E-state index in [1.54, 1.807) is 55.6 Å². The van der Waals surface area contributed by atoms with E-state index in [2.05, 4.69) is 21.2 Å². The molecule has 0 unspecified atom stereocenters. The smallest absolute Gasteiger partial charge is 0.244 e. The van der Waals surface area contributed by atoms with Crippen molar-refractivity contribution in [2.75, 3.05) is 20.3 Å². The number of hydrogen-bond acceptors (Lipinski definition) is 4. The fourth-order valence-electron chi connectivity index (χ4n) is 1.94. The largest absolute Gasteiger partial charge is 0.497 e. The third-order valence-corrected chi connectivity index (χ3v) is 3.77. The maximum Gasteiger partial charge on any atom is 0.244 e. The van der Waals surface area contributed by atoms with E-state index < -0.39 is 0 Å². The van der Waals surface area contributed by atoms with Crippen LogP contribution in [-0.4, -0.2) is 32.0 Å². The highest BCUT2D eigenvalue weighted by Crippen LogP contribution is 2.16. The van der Waals surface area contributed by atoms with Crippen LogP contribution in [0.4, 0.5) is 0 Å². The summed E-state index contributed by atoms with van der Waals surface area (Å²) in [5, 5.41) is 2.66. The van der Waals surface area contributed by atoms with Gasteiger partial charge in [0, 0.05) is 16.1 Å². The molecule has 0 aliphatic carbocycles. The van der Waals surface area contributed by atoms with Crippen molar-refractivity contribution in [2.24, 2.45) is 0 Å². The lowest BCUT2D eigenvalue weighted by atomic mass is 10.1. The van der Waals surface area contributed by atoms with Gasteiger partial charge in [-0.25, -0.2) is 0 Å². The Morgan fingerprint density at radius 3 is 2.28 bits per heavy atom. The standard InChI is InChI=1S/C19H18BrNO4/c1-24-16-6-8-17(9-7-16)25-13-12-21-19(23)11-10-18(22)14-2-4-15(20)5-3-14/h2-11H,12-13H2,1H3,(H,21,23)/b11-10+. The number of rotatable bonds is 8. The van der Waals surface area contributed by atoms with Gasteiger partial charge in [0.15, 0.2) is 5.78 Å². The summed E-state index contributed by atoms with van der Waals surface area (Å²) < 4.78 is 11.4. The lowest BCUT2D eigenvalue weighted by Crippen LogP contribution is -2.26. The number of amides is 1. The zero-order valence-electron chi connectivity index (χ0n) is 13.7. The van der Waals surface area contributed by atoms with Gasteiger partial charge < -0.3 is 14.8 Å². The van der Waals surface area contributed by atoms with Crippen LogP contribution in [0, 0.1) is 0 Å². The Morgan fingerprint density at radius 2 is 1.64 bits per heavy atom. The van der Waals surface area contributed by atoms with Gasteiger partial charge in [0.1, 0.15) is 18.1 Å². The van der Waals surface area contributed by atoms with E-state index in [1.165, 1.54) is 12.2 Å². The molecule has 1 N–H and O–H groups in total. The maximum atomic E-state index is 11.9. The van der Waals surface area contributed by atoms with Crippen LogP contribution in [0.25, 0.3) is 0 Å². The number of benzene rings is 2. The van der Waals surface area contributed by atoms with E-state index in [9.17, 15) is 9.59 Å². The first kappa shape index (κ1) is 18.7. The molecule has 0 spiro atoms. The molecule has 0 fully saturated rings. The Hall–Kier alpha value is -2.60. The van der Waals surface area contributed by atoms with Gasteiger partial charge in [-0.15, -0.1) is 0 Å². The van der Waals surface area contributed by atoms with Gasteiger partial charge in [0.2, 0.25) is 5.91 Å². The summed E-state index contributed by atoms with van der Waals surface area (Å²) in [6.07, 6.45) is 2.47. The van der Waals surface area contributed by atoms with E-state index >= 15 is 0 Å². The molecule has 25 heavy (non-hydrogen) atoms. The molecule has 5 nitrogen and oxygen atoms in total. The molecular weight excluding hydrogens is 386 g/mol. The second-order valence-electron chi connectivity index (χ2n) is 5.02. The van der Waals surface area contributed by atoms with Crippen LogP contribution >= 0.6 is 15.9 Å². The first-order valence-electron chi connectivity index (χ1n) is 7.61. The fourth-order valence-corrected chi connectivity index (χ4v) is 2.20. The van der Waals surface area contributed by atoms with Gasteiger partial charge in [-0.05, 0) is 54.6 Å². The average Bonchev–Trinajstić information content (AvgIpc) is 2.64. The Balaban J connectivity index is 1.70. The molecule has 0 aliphatic heterocycles. The fraction of sp³-hybridized carbons (Fsp3) is 0.158. The molecule has 2 aromatic carbocycles. The topological polar surface area (TPSA) is 64.6 Å². The van der Waals surface area contributed by atoms with Crippen LogP contribution in [0.3, 0.4) is 0 Å². The first-order valence-corrected chi connectivity index (χ1v) is 8.40. The molecule has 0 saturated carbocycles. The summed E-state index contributed by atoms with van der Waals surface area (Å²) in [7, 11) is 1.60. The SMILES string of the molecule is COc1ccc(OCCNC(=O)/C=C/C(=O)c2ccc(Br)cc2)cc1. The van der Waals surface area contributed by atoms with Gasteiger partial charge >= 0.3 is 0 Å². The summed E-state index contributed by atoms with van der Waals surface area (Å²) in [4.78, 5) is 23.6. The predicted octanol–water partition coefficient (Wildman–Crippen LogP) is 3.39. The normalized spacial score (nSPS) is 10.5. The molecule has 0 aromatic heterocycles. The summed E-state index contributed by atoms with van der Waals surface area (Å²) in [6.45, 7) is 0.661. The Morgan fingerprint density at radius 1 is 1.00 bits per heavy atom. The lowest BCUT2D eigenvalue weighted by molar-refractivity contribution is -0.116. The van der Waals surface area contributed by atoms with E-state index in [-0.39, 0.29) is 11.7 Å². The number of ether oxygens (including phenoxy) is 2. The highest BCUT2D eigenvalue weighted by Gasteiger charge is 2.03. The molecule has 0 heterocycles. The molecular formula is C19H18BrNO4. The summed E-state index contributed by atoms with van der Waals surface area (Å²) in [5.41, 5.74) is 0.523. The molecule has 6 heteroatoms. The van der Waals surface area contributed by atoms with Crippen LogP contribution in [0.5, 0.6) is 11.5 Å². The van der Waals surface area contributed by atoms with Crippen LogP contribution in [0.15, 0.2) is 65.2 Å². The second kappa shape index (κ2) is 9.64. The van der Waals surface area contributed by atoms with Gasteiger partial charge in [-0.3, -0.25) is 9.59 Å². The Bertz CT molecular complexity index is 739. The molecule has 1 amide bonds. The maximum absolute atomic E-state index is 11.9. The van der Waals surface area contributed by atoms with Crippen LogP contribution in [0.1, 0.15) is 10.4 Å². The number of methoxy groups -OCH3 is 1. The number of hydrogen-bond donors (Lipinski definition) is 1. The summed E-state index contributed by atoms with van der Waals surface area (Å²) >= 11 is 3.30. The van der Waals surface area contributed by atoms with E-state index in [4.69, 9.17) is 9.47 Å². The Labute approximate surface area is 154 Å². The van der Waals surface area contributed by atoms with Crippen molar-refractivity contribution in [3.05, 3.63) is 70.7 Å². The number of nitrogens with one attached hydrogen (secondary N) is 1. The zero-order chi connectivity index (χ0) is 18.1. The lowest BCUT2D eigenvalue weighted by Gasteiger charge is -2.07. The monoisotopic (exact) mass is 403 g/mol. The van der Waals surface area contributed by atoms with Gasteiger partial charge in [-0.1, -0.05) is 15.9 Å². The first-order chi connectivity index (χ1) is 12.1. The summed E-state index contributed by atoms with van der Waals surface area (Å²) in [5.74, 6) is 0.873. The summed E-state index contributed by atoms with van der Waals surface area (Å²) in [6, 6.07) is 14.1. The van der Waals surface area contributed by atoms with Gasteiger partial charge in [0.25, 0.3) is 0 Å². The van der Waals surface area contributed by atoms with Crippen LogP contribution in [0.2, 0.25) is 0 Å². The van der Waals surface area contributed by atoms with E-state index in [1.807, 2.05) is 0 Å². The van der Waals surface area contributed by atoms with Crippen molar-refractivity contribution in [2.45, 2.75) is 0 Å². The number of halogens is 1. The van der Waals surface area contributed by atoms with E-state index in [0.717, 1.165) is 10.2 Å². The number of ketones is 1. The quantitative estimate of drug-likeness (QED) is 0.416. The van der Waals surface area contributed by atoms with Crippen molar-refractivity contribution < 1.29 is 19.1 Å². The zero-order valence-corrected chi connectivity index (χ0v) is 15.3. The molecule has 2 rings (SSSR count). The van der Waals surface area contributed by atoms with Gasteiger partial charge in [0.05, 0.1) is 13.7 Å². The Kier molecular flexibility index (Phi) is 7.22. The molecule has 0 saturated heterocycles. The van der Waals surface area contributed by atoms with Crippen molar-refractivity contribution in [1.82, 2.24) is 5.32 Å². The molecule has 2 aromatic rings. The highest BCUT2D eigenvalue weighted by molar-refractivity contribution is 9.10. The third kappa shape index (κ3) is 6.43. The number of carbonyl (C=O) groups is 2. The predicted molar refractivity (Wildman–Crippen MR) is 99.1 cm³/mol. The second-order valence-corrected chi connectivity index (χ2v) is 5.94. The highest BCUT2D eigenvalue weighted by atomic mass is 79.9. The van der Waals surface area contributed by atoms with Crippen molar-refractivity contribution in [3.63, 3.8) is 0 Å². The molecule has 0 atom stereocenters. The molecule has 0 bridgehead atoms. The van der Waals surface area contributed by atoms with Crippen molar-refractivity contribution in [3.8, 4) is 11.5 Å². The minimum Gasteiger partial charge on any atom is -0.497 e. The van der Waals surface area contributed by atoms with Crippen LogP contribution < -0.4 is 14.8 Å². The minimum atomic E-state index is -0.344. The van der Waals surface area contributed by atoms with Crippen LogP contribution in [-0.2, 0) is 4.79 Å².